The fraction of sp³-hybridized carbons (Fsp3) is 0.706. The fourth-order valence-electron chi connectivity index (χ4n) is 2.75. The van der Waals surface area contributed by atoms with E-state index in [-0.39, 0.29) is 5.41 Å². The van der Waals surface area contributed by atoms with Crippen LogP contribution in [0.15, 0.2) is 9.52 Å². The van der Waals surface area contributed by atoms with E-state index >= 15 is 0 Å². The molecule has 2 aromatic heterocycles. The summed E-state index contributed by atoms with van der Waals surface area (Å²) in [5.74, 6) is 3.06. The number of piperazine rings is 1. The molecule has 9 nitrogen and oxygen atoms in total. The highest BCUT2D eigenvalue weighted by atomic mass is 32.1. The fourth-order valence-corrected chi connectivity index (χ4v) is 3.55. The number of anilines is 1. The number of guanidine groups is 1. The summed E-state index contributed by atoms with van der Waals surface area (Å²) in [6, 6.07) is 0. The molecule has 1 saturated heterocycles. The van der Waals surface area contributed by atoms with Crippen LogP contribution >= 0.6 is 11.5 Å². The van der Waals surface area contributed by atoms with Crippen LogP contribution in [0, 0.1) is 0 Å². The first-order chi connectivity index (χ1) is 12.9. The normalized spacial score (nSPS) is 16.1. The number of nitrogens with one attached hydrogen (secondary N) is 1. The van der Waals surface area contributed by atoms with Crippen molar-refractivity contribution in [1.29, 1.82) is 0 Å². The van der Waals surface area contributed by atoms with Crippen LogP contribution in [0.2, 0.25) is 0 Å². The van der Waals surface area contributed by atoms with E-state index in [1.807, 2.05) is 0 Å². The summed E-state index contributed by atoms with van der Waals surface area (Å²) in [5, 5.41) is 8.40. The van der Waals surface area contributed by atoms with E-state index in [0.717, 1.165) is 49.5 Å². The van der Waals surface area contributed by atoms with Gasteiger partial charge in [0.1, 0.15) is 5.82 Å². The van der Waals surface area contributed by atoms with Gasteiger partial charge in [-0.25, -0.2) is 4.98 Å². The van der Waals surface area contributed by atoms with Crippen molar-refractivity contribution in [3.05, 3.63) is 17.5 Å². The van der Waals surface area contributed by atoms with Gasteiger partial charge in [0.2, 0.25) is 11.0 Å². The van der Waals surface area contributed by atoms with Crippen LogP contribution < -0.4 is 10.2 Å². The number of aromatic nitrogens is 4. The molecule has 0 aliphatic carbocycles. The average Bonchev–Trinajstić information content (AvgIpc) is 3.32. The van der Waals surface area contributed by atoms with Crippen molar-refractivity contribution in [1.82, 2.24) is 29.7 Å². The molecule has 0 unspecified atom stereocenters. The summed E-state index contributed by atoms with van der Waals surface area (Å²) >= 11 is 1.48. The third kappa shape index (κ3) is 4.74. The molecular formula is C17H28N8OS. The smallest absolute Gasteiger partial charge is 0.232 e. The molecule has 1 fully saturated rings. The zero-order chi connectivity index (χ0) is 19.4. The Bertz CT molecular complexity index is 770. The molecule has 0 aromatic carbocycles. The van der Waals surface area contributed by atoms with E-state index in [4.69, 9.17) is 4.52 Å². The Labute approximate surface area is 164 Å². The first-order valence-corrected chi connectivity index (χ1v) is 10.0. The minimum absolute atomic E-state index is 0.147. The average molecular weight is 393 g/mol. The van der Waals surface area contributed by atoms with Gasteiger partial charge in [-0.15, -0.1) is 0 Å². The maximum absolute atomic E-state index is 5.34. The number of nitrogens with zero attached hydrogens (tertiary/aromatic N) is 7. The molecule has 10 heteroatoms. The Balaban J connectivity index is 1.52. The number of hydrogen-bond acceptors (Lipinski definition) is 8. The molecule has 1 N–H and O–H groups in total. The lowest BCUT2D eigenvalue weighted by atomic mass is 9.97. The maximum atomic E-state index is 5.34. The third-order valence-electron chi connectivity index (χ3n) is 4.35. The standard InChI is InChI=1S/C17H28N8OS/c1-6-12-21-16(27-23-12)25-9-7-24(8-10-25)15(18-5)19-11-13-20-14(26-22-13)17(2,3)4/h6-11H2,1-5H3,(H,18,19). The van der Waals surface area contributed by atoms with Crippen molar-refractivity contribution in [3.63, 3.8) is 0 Å². The molecule has 3 heterocycles. The first kappa shape index (κ1) is 19.5. The predicted octanol–water partition coefficient (Wildman–Crippen LogP) is 1.68. The van der Waals surface area contributed by atoms with Gasteiger partial charge in [0.15, 0.2) is 11.8 Å². The Kier molecular flexibility index (Phi) is 5.93. The van der Waals surface area contributed by atoms with Crippen molar-refractivity contribution >= 4 is 22.6 Å². The lowest BCUT2D eigenvalue weighted by Crippen LogP contribution is -2.52. The molecule has 0 radical (unpaired) electrons. The molecule has 1 aliphatic heterocycles. The summed E-state index contributed by atoms with van der Waals surface area (Å²) in [6.07, 6.45) is 0.875. The highest BCUT2D eigenvalue weighted by molar-refractivity contribution is 7.09. The predicted molar refractivity (Wildman–Crippen MR) is 106 cm³/mol. The molecule has 0 bridgehead atoms. The van der Waals surface area contributed by atoms with Crippen LogP contribution in [-0.4, -0.2) is 63.6 Å². The van der Waals surface area contributed by atoms with E-state index in [1.54, 1.807) is 7.05 Å². The lowest BCUT2D eigenvalue weighted by Gasteiger charge is -2.36. The Hall–Kier alpha value is -2.23. The number of hydrogen-bond donors (Lipinski definition) is 1. The third-order valence-corrected chi connectivity index (χ3v) is 5.16. The summed E-state index contributed by atoms with van der Waals surface area (Å²) in [4.78, 5) is 18.0. The summed E-state index contributed by atoms with van der Waals surface area (Å²) in [6.45, 7) is 12.3. The quantitative estimate of drug-likeness (QED) is 0.620. The van der Waals surface area contributed by atoms with Gasteiger partial charge >= 0.3 is 0 Å². The van der Waals surface area contributed by atoms with Gasteiger partial charge in [-0.2, -0.15) is 9.36 Å². The van der Waals surface area contributed by atoms with E-state index in [2.05, 4.69) is 67.3 Å². The van der Waals surface area contributed by atoms with Gasteiger partial charge in [-0.05, 0) is 0 Å². The van der Waals surface area contributed by atoms with Gasteiger partial charge < -0.3 is 19.6 Å². The van der Waals surface area contributed by atoms with E-state index in [0.29, 0.717) is 18.3 Å². The van der Waals surface area contributed by atoms with E-state index in [1.165, 1.54) is 11.5 Å². The van der Waals surface area contributed by atoms with Crippen LogP contribution in [0.1, 0.15) is 45.2 Å². The number of rotatable bonds is 4. The second-order valence-electron chi connectivity index (χ2n) is 7.49. The minimum atomic E-state index is -0.147. The highest BCUT2D eigenvalue weighted by Crippen LogP contribution is 2.20. The molecular weight excluding hydrogens is 364 g/mol. The second-order valence-corrected chi connectivity index (χ2v) is 8.22. The molecule has 0 amide bonds. The summed E-state index contributed by atoms with van der Waals surface area (Å²) in [5.41, 5.74) is -0.147. The van der Waals surface area contributed by atoms with Crippen LogP contribution in [-0.2, 0) is 18.4 Å². The van der Waals surface area contributed by atoms with Crippen LogP contribution in [0.3, 0.4) is 0 Å². The van der Waals surface area contributed by atoms with Crippen molar-refractivity contribution in [2.24, 2.45) is 4.99 Å². The number of aryl methyl sites for hydroxylation is 1. The zero-order valence-corrected chi connectivity index (χ0v) is 17.5. The summed E-state index contributed by atoms with van der Waals surface area (Å²) in [7, 11) is 1.80. The molecule has 148 valence electrons. The van der Waals surface area contributed by atoms with Gasteiger partial charge in [-0.3, -0.25) is 4.99 Å². The van der Waals surface area contributed by atoms with Crippen LogP contribution in [0.5, 0.6) is 0 Å². The Morgan fingerprint density at radius 3 is 2.48 bits per heavy atom. The Morgan fingerprint density at radius 1 is 1.19 bits per heavy atom. The van der Waals surface area contributed by atoms with Crippen molar-refractivity contribution in [2.75, 3.05) is 38.1 Å². The molecule has 3 rings (SSSR count). The number of aliphatic imine (C=N–C) groups is 1. The largest absolute Gasteiger partial charge is 0.349 e. The van der Waals surface area contributed by atoms with Gasteiger partial charge in [0.05, 0.1) is 6.54 Å². The zero-order valence-electron chi connectivity index (χ0n) is 16.7. The molecule has 0 atom stereocenters. The monoisotopic (exact) mass is 392 g/mol. The SMILES string of the molecule is CCc1nsc(N2CCN(C(=NC)NCc3noc(C(C)(C)C)n3)CC2)n1. The van der Waals surface area contributed by atoms with Gasteiger partial charge in [0, 0.05) is 56.6 Å². The van der Waals surface area contributed by atoms with E-state index in [9.17, 15) is 0 Å². The molecule has 0 saturated carbocycles. The minimum Gasteiger partial charge on any atom is -0.349 e. The topological polar surface area (TPSA) is 95.6 Å². The van der Waals surface area contributed by atoms with Crippen LogP contribution in [0.25, 0.3) is 0 Å². The summed E-state index contributed by atoms with van der Waals surface area (Å²) < 4.78 is 9.72. The maximum Gasteiger partial charge on any atom is 0.232 e. The van der Waals surface area contributed by atoms with Crippen molar-refractivity contribution in [2.45, 2.75) is 46.1 Å². The molecule has 2 aromatic rings. The van der Waals surface area contributed by atoms with Gasteiger partial charge in [0.25, 0.3) is 0 Å². The molecule has 27 heavy (non-hydrogen) atoms. The highest BCUT2D eigenvalue weighted by Gasteiger charge is 2.24. The Morgan fingerprint density at radius 2 is 1.93 bits per heavy atom. The second kappa shape index (κ2) is 8.20. The first-order valence-electron chi connectivity index (χ1n) is 9.27. The van der Waals surface area contributed by atoms with Crippen molar-refractivity contribution in [3.8, 4) is 0 Å². The van der Waals surface area contributed by atoms with Crippen molar-refractivity contribution < 1.29 is 4.52 Å². The molecule has 1 aliphatic rings. The lowest BCUT2D eigenvalue weighted by molar-refractivity contribution is 0.317. The molecule has 0 spiro atoms. The van der Waals surface area contributed by atoms with E-state index < -0.39 is 0 Å². The van der Waals surface area contributed by atoms with Crippen LogP contribution in [0.4, 0.5) is 5.13 Å². The van der Waals surface area contributed by atoms with Gasteiger partial charge in [-0.1, -0.05) is 32.9 Å².